The minimum atomic E-state index is -0.819. The Hall–Kier alpha value is -6.36. The highest BCUT2D eigenvalue weighted by molar-refractivity contribution is 5.81. The predicted molar refractivity (Wildman–Crippen MR) is 329 cm³/mol. The first-order valence-corrected chi connectivity index (χ1v) is 32.1. The maximum absolute atomic E-state index is 11.9. The Morgan fingerprint density at radius 1 is 0.418 bits per heavy atom. The van der Waals surface area contributed by atoms with Gasteiger partial charge in [-0.05, 0) is 149 Å². The summed E-state index contributed by atoms with van der Waals surface area (Å²) in [4.78, 5) is 136. The van der Waals surface area contributed by atoms with Gasteiger partial charge < -0.3 is 56.8 Å². The summed E-state index contributed by atoms with van der Waals surface area (Å²) in [5.41, 5.74) is -4.55. The number of cyclic esters (lactones) is 6. The van der Waals surface area contributed by atoms with Gasteiger partial charge in [0.1, 0.15) is 47.8 Å². The lowest BCUT2D eigenvalue weighted by Gasteiger charge is -2.30. The predicted octanol–water partition coefficient (Wildman–Crippen LogP) is 10.4. The largest absolute Gasteiger partial charge is 0.459 e. The van der Waals surface area contributed by atoms with Gasteiger partial charge in [0.15, 0.2) is 23.4 Å². The maximum Gasteiger partial charge on any atom is 0.312 e. The molecule has 0 saturated carbocycles. The van der Waals surface area contributed by atoms with Crippen LogP contribution < -0.4 is 0 Å². The van der Waals surface area contributed by atoms with Crippen LogP contribution in [0.3, 0.4) is 0 Å². The van der Waals surface area contributed by atoms with E-state index >= 15 is 0 Å². The second-order valence-electron chi connectivity index (χ2n) is 27.8. The van der Waals surface area contributed by atoms with E-state index in [0.717, 1.165) is 19.3 Å². The Kier molecular flexibility index (Phi) is 31.4. The molecule has 522 valence electrons. The van der Waals surface area contributed by atoms with Crippen LogP contribution in [0.4, 0.5) is 0 Å². The molecular weight excluding hydrogens is 1190 g/mol. The normalized spacial score (nSPS) is 27.8. The quantitative estimate of drug-likeness (QED) is 0.0909. The number of ether oxygens (including phenoxy) is 12. The molecule has 0 radical (unpaired) electrons. The highest BCUT2D eigenvalue weighted by Crippen LogP contribution is 2.36. The van der Waals surface area contributed by atoms with Crippen molar-refractivity contribution in [2.45, 2.75) is 321 Å². The second-order valence-corrected chi connectivity index (χ2v) is 27.8. The van der Waals surface area contributed by atoms with Crippen LogP contribution in [0.2, 0.25) is 0 Å². The van der Waals surface area contributed by atoms with E-state index in [1.807, 2.05) is 104 Å². The number of hydrogen-bond donors (Lipinski definition) is 0. The van der Waals surface area contributed by atoms with Gasteiger partial charge in [-0.2, -0.15) is 0 Å². The molecule has 0 bridgehead atoms. The van der Waals surface area contributed by atoms with Crippen molar-refractivity contribution in [1.29, 1.82) is 0 Å². The molecular formula is C67H110O24. The van der Waals surface area contributed by atoms with E-state index in [-0.39, 0.29) is 152 Å². The summed E-state index contributed by atoms with van der Waals surface area (Å²) in [6.45, 7) is 45.5. The van der Waals surface area contributed by atoms with Gasteiger partial charge in [-0.3, -0.25) is 57.5 Å². The molecule has 0 N–H and O–H groups in total. The lowest BCUT2D eigenvalue weighted by molar-refractivity contribution is -0.174. The molecule has 13 unspecified atom stereocenters. The smallest absolute Gasteiger partial charge is 0.312 e. The first kappa shape index (κ1) is 82.7. The molecule has 24 nitrogen and oxygen atoms in total. The van der Waals surface area contributed by atoms with Gasteiger partial charge in [-0.15, -0.1) is 0 Å². The number of rotatable bonds is 18. The van der Waals surface area contributed by atoms with Crippen LogP contribution in [0, 0.1) is 34.0 Å². The molecule has 0 aromatic rings. The Morgan fingerprint density at radius 2 is 0.736 bits per heavy atom. The molecule has 13 atom stereocenters. The first-order chi connectivity index (χ1) is 41.6. The summed E-state index contributed by atoms with van der Waals surface area (Å²) >= 11 is 0. The number of carbonyl (C=O) groups excluding carboxylic acids is 12. The van der Waals surface area contributed by atoms with E-state index in [4.69, 9.17) is 56.8 Å². The number of esters is 12. The van der Waals surface area contributed by atoms with Crippen LogP contribution in [0.1, 0.15) is 250 Å². The van der Waals surface area contributed by atoms with Gasteiger partial charge in [0, 0.05) is 0 Å². The molecule has 0 aromatic carbocycles. The molecule has 0 aliphatic carbocycles. The van der Waals surface area contributed by atoms with Crippen molar-refractivity contribution in [3.63, 3.8) is 0 Å². The maximum atomic E-state index is 11.9. The molecule has 6 rings (SSSR count). The van der Waals surface area contributed by atoms with Crippen LogP contribution in [-0.4, -0.2) is 143 Å². The van der Waals surface area contributed by atoms with Crippen LogP contribution in [0.5, 0.6) is 0 Å². The van der Waals surface area contributed by atoms with Crippen molar-refractivity contribution >= 4 is 71.6 Å². The molecule has 6 saturated heterocycles. The summed E-state index contributed by atoms with van der Waals surface area (Å²) in [5, 5.41) is 0. The molecule has 6 heterocycles. The minimum Gasteiger partial charge on any atom is -0.459 e. The topological polar surface area (TPSA) is 316 Å². The third-order valence-corrected chi connectivity index (χ3v) is 17.8. The average molecular weight is 1300 g/mol. The zero-order valence-electron chi connectivity index (χ0n) is 59.1. The summed E-state index contributed by atoms with van der Waals surface area (Å²) in [7, 11) is 0. The molecule has 6 aliphatic rings. The fourth-order valence-corrected chi connectivity index (χ4v) is 8.11. The number of hydrogen-bond acceptors (Lipinski definition) is 24. The molecule has 6 aliphatic heterocycles. The molecule has 0 aromatic heterocycles. The molecule has 6 fully saturated rings. The van der Waals surface area contributed by atoms with Gasteiger partial charge >= 0.3 is 71.6 Å². The van der Waals surface area contributed by atoms with Crippen molar-refractivity contribution in [1.82, 2.24) is 0 Å². The SMILES string of the molecule is CCC(C)(C)C(=O)OC1(C)CC(=O)OC1C.CCC(C)(C)C(=O)OC1CC(=O)OC1(C)C.CCC(C)(C)C(=O)OC1CC(=O)OC1C.CCC(C)C(=O)OC1(C)CC(=O)OC1C.CCC(C)C(=O)OC1CC(=O)OC1(C)C.CCC(C)C(=O)OC1CC(=O)OC1C. The van der Waals surface area contributed by atoms with E-state index in [9.17, 15) is 57.5 Å². The first-order valence-electron chi connectivity index (χ1n) is 32.1. The summed E-state index contributed by atoms with van der Waals surface area (Å²) in [6, 6.07) is 0. The highest BCUT2D eigenvalue weighted by atomic mass is 16.6. The van der Waals surface area contributed by atoms with Gasteiger partial charge in [0.05, 0.1) is 72.5 Å². The second kappa shape index (κ2) is 34.5. The van der Waals surface area contributed by atoms with Crippen molar-refractivity contribution in [3.8, 4) is 0 Å². The van der Waals surface area contributed by atoms with E-state index in [2.05, 4.69) is 0 Å². The zero-order chi connectivity index (χ0) is 70.7. The molecule has 0 amide bonds. The highest BCUT2D eigenvalue weighted by Gasteiger charge is 2.50. The molecule has 24 heteroatoms. The van der Waals surface area contributed by atoms with Crippen molar-refractivity contribution < 1.29 is 114 Å². The molecule has 91 heavy (non-hydrogen) atoms. The van der Waals surface area contributed by atoms with Crippen molar-refractivity contribution in [2.75, 3.05) is 0 Å². The number of carbonyl (C=O) groups is 12. The third-order valence-electron chi connectivity index (χ3n) is 17.8. The summed E-state index contributed by atoms with van der Waals surface area (Å²) in [5.74, 6) is -3.76. The van der Waals surface area contributed by atoms with E-state index in [1.165, 1.54) is 0 Å². The van der Waals surface area contributed by atoms with Crippen LogP contribution in [0.15, 0.2) is 0 Å². The van der Waals surface area contributed by atoms with Gasteiger partial charge in [-0.1, -0.05) is 62.3 Å². The molecule has 0 spiro atoms. The standard InChI is InChI=1S/2C12H20O4.3C11H18O4.C10H16O4/c1-6-11(2,3)10(14)15-8-7-9(13)16-12(8,4)5;1-6-11(3,4)10(14)16-12(5)7-9(13)15-8(12)2;1-5-11(3,4)10(13)15-8-6-9(12)14-7(8)2;1-5-7(2)10(13)14-8-6-9(12)15-11(8,3)4;1-5-7(2)10(13)15-11(4)6-9(12)14-8(11)3;1-4-6(2)10(12)14-8-5-9(11)13-7(8)3/h2*8H,6-7H2,1-5H3;3*7-8H,5-6H2,1-4H3;6-8H,4-5H2,1-3H3. The minimum absolute atomic E-state index is 0.113. The average Bonchev–Trinajstić information content (AvgIpc) is 1.86. The van der Waals surface area contributed by atoms with Crippen molar-refractivity contribution in [2.24, 2.45) is 34.0 Å². The van der Waals surface area contributed by atoms with E-state index < -0.39 is 63.1 Å². The van der Waals surface area contributed by atoms with E-state index in [0.29, 0.717) is 19.3 Å². The van der Waals surface area contributed by atoms with Crippen LogP contribution in [-0.2, 0) is 114 Å². The van der Waals surface area contributed by atoms with Crippen LogP contribution in [0.25, 0.3) is 0 Å². The Bertz CT molecular complexity index is 2540. The fraction of sp³-hybridized carbons (Fsp3) is 0.821. The third kappa shape index (κ3) is 25.2. The van der Waals surface area contributed by atoms with Crippen molar-refractivity contribution in [3.05, 3.63) is 0 Å². The van der Waals surface area contributed by atoms with Gasteiger partial charge in [0.25, 0.3) is 0 Å². The summed E-state index contributed by atoms with van der Waals surface area (Å²) in [6.07, 6.45) is 2.16. The fourth-order valence-electron chi connectivity index (χ4n) is 8.11. The van der Waals surface area contributed by atoms with Gasteiger partial charge in [-0.25, -0.2) is 0 Å². The monoisotopic (exact) mass is 1300 g/mol. The van der Waals surface area contributed by atoms with Crippen LogP contribution >= 0.6 is 0 Å². The Morgan fingerprint density at radius 3 is 1.04 bits per heavy atom. The zero-order valence-corrected chi connectivity index (χ0v) is 59.1. The Labute approximate surface area is 539 Å². The Balaban J connectivity index is 0.000000546. The summed E-state index contributed by atoms with van der Waals surface area (Å²) < 4.78 is 61.8. The van der Waals surface area contributed by atoms with Gasteiger partial charge in [0.2, 0.25) is 0 Å². The lowest BCUT2D eigenvalue weighted by atomic mass is 9.89. The van der Waals surface area contributed by atoms with E-state index in [1.54, 1.807) is 69.2 Å². The lowest BCUT2D eigenvalue weighted by Crippen LogP contribution is -2.42.